The molecule has 6 heteroatoms. The molecule has 2 rings (SSSR count). The van der Waals surface area contributed by atoms with Crippen LogP contribution in [-0.4, -0.2) is 21.6 Å². The zero-order valence-electron chi connectivity index (χ0n) is 9.84. The van der Waals surface area contributed by atoms with E-state index >= 15 is 0 Å². The number of methoxy groups -OCH3 is 1. The van der Waals surface area contributed by atoms with Crippen molar-refractivity contribution in [2.24, 2.45) is 0 Å². The molecule has 0 saturated carbocycles. The lowest BCUT2D eigenvalue weighted by Crippen LogP contribution is -2.23. The molecule has 0 amide bonds. The van der Waals surface area contributed by atoms with Crippen molar-refractivity contribution in [1.29, 1.82) is 0 Å². The Morgan fingerprint density at radius 1 is 1.39 bits per heavy atom. The molecule has 0 aromatic carbocycles. The number of hydrogen-bond donors (Lipinski definition) is 0. The molecule has 0 bridgehead atoms. The molecule has 18 heavy (non-hydrogen) atoms. The zero-order chi connectivity index (χ0) is 13.0. The number of nitrogens with zero attached hydrogens (tertiary/aromatic N) is 3. The molecule has 5 nitrogen and oxygen atoms in total. The van der Waals surface area contributed by atoms with Crippen LogP contribution in [0.5, 0.6) is 5.75 Å². The van der Waals surface area contributed by atoms with Gasteiger partial charge in [0, 0.05) is 24.9 Å². The normalized spacial score (nSPS) is 10.3. The van der Waals surface area contributed by atoms with Gasteiger partial charge in [-0.15, -0.1) is 0 Å². The second-order valence-electron chi connectivity index (χ2n) is 3.64. The Bertz CT molecular complexity index is 584. The Kier molecular flexibility index (Phi) is 3.94. The minimum atomic E-state index is -0.284. The first kappa shape index (κ1) is 12.6. The van der Waals surface area contributed by atoms with Crippen molar-refractivity contribution in [3.8, 4) is 5.75 Å². The molecule has 0 aliphatic carbocycles. The summed E-state index contributed by atoms with van der Waals surface area (Å²) in [7, 11) is 1.40. The van der Waals surface area contributed by atoms with Crippen LogP contribution in [0.1, 0.15) is 5.69 Å². The summed E-state index contributed by atoms with van der Waals surface area (Å²) in [6, 6.07) is 5.67. The molecule has 0 atom stereocenters. The van der Waals surface area contributed by atoms with Crippen LogP contribution in [0.4, 0.5) is 0 Å². The van der Waals surface area contributed by atoms with Gasteiger partial charge in [-0.1, -0.05) is 17.7 Å². The summed E-state index contributed by atoms with van der Waals surface area (Å²) in [4.78, 5) is 20.0. The Labute approximate surface area is 109 Å². The molecule has 0 unspecified atom stereocenters. The average molecular weight is 266 g/mol. The summed E-state index contributed by atoms with van der Waals surface area (Å²) >= 11 is 5.76. The highest BCUT2D eigenvalue weighted by atomic mass is 35.5. The number of ether oxygens (including phenoxy) is 1. The topological polar surface area (TPSA) is 57.0 Å². The first-order valence-corrected chi connectivity index (χ1v) is 5.79. The Balaban J connectivity index is 2.18. The zero-order valence-corrected chi connectivity index (χ0v) is 10.6. The van der Waals surface area contributed by atoms with Crippen LogP contribution in [0.3, 0.4) is 0 Å². The first-order chi connectivity index (χ1) is 8.72. The Morgan fingerprint density at radius 2 is 2.22 bits per heavy atom. The molecular weight excluding hydrogens is 254 g/mol. The lowest BCUT2D eigenvalue weighted by Gasteiger charge is -2.07. The van der Waals surface area contributed by atoms with E-state index in [1.165, 1.54) is 18.0 Å². The van der Waals surface area contributed by atoms with E-state index in [1.807, 2.05) is 18.2 Å². The van der Waals surface area contributed by atoms with Gasteiger partial charge in [-0.25, -0.2) is 4.98 Å². The number of rotatable bonds is 4. The maximum Gasteiger partial charge on any atom is 0.297 e. The van der Waals surface area contributed by atoms with Gasteiger partial charge in [0.1, 0.15) is 0 Å². The van der Waals surface area contributed by atoms with Gasteiger partial charge in [-0.2, -0.15) is 0 Å². The van der Waals surface area contributed by atoms with Crippen LogP contribution in [0.2, 0.25) is 5.15 Å². The predicted octanol–water partition coefficient (Wildman–Crippen LogP) is 1.54. The van der Waals surface area contributed by atoms with Gasteiger partial charge >= 0.3 is 0 Å². The maximum atomic E-state index is 11.9. The van der Waals surface area contributed by atoms with Gasteiger partial charge in [0.15, 0.2) is 5.15 Å². The van der Waals surface area contributed by atoms with Crippen LogP contribution in [0.25, 0.3) is 0 Å². The highest BCUT2D eigenvalue weighted by Gasteiger charge is 2.10. The molecular formula is C12H12ClN3O2. The molecule has 0 saturated heterocycles. The molecule has 0 radical (unpaired) electrons. The standard InChI is InChI=1S/C12H12ClN3O2/c1-18-10-11(13)15-8-16(12(10)17)7-5-9-4-2-3-6-14-9/h2-4,6,8H,5,7H2,1H3. The van der Waals surface area contributed by atoms with Gasteiger partial charge in [-0.3, -0.25) is 14.3 Å². The van der Waals surface area contributed by atoms with Crippen LogP contribution in [0, 0.1) is 0 Å². The minimum Gasteiger partial charge on any atom is -0.489 e. The van der Waals surface area contributed by atoms with Crippen molar-refractivity contribution in [1.82, 2.24) is 14.5 Å². The third-order valence-electron chi connectivity index (χ3n) is 2.49. The maximum absolute atomic E-state index is 11.9. The fraction of sp³-hybridized carbons (Fsp3) is 0.250. The summed E-state index contributed by atoms with van der Waals surface area (Å²) in [5.41, 5.74) is 0.631. The number of pyridine rings is 1. The molecule has 0 aliphatic rings. The van der Waals surface area contributed by atoms with E-state index in [-0.39, 0.29) is 16.5 Å². The van der Waals surface area contributed by atoms with E-state index < -0.39 is 0 Å². The summed E-state index contributed by atoms with van der Waals surface area (Å²) < 4.78 is 6.38. The van der Waals surface area contributed by atoms with E-state index in [0.717, 1.165) is 5.69 Å². The predicted molar refractivity (Wildman–Crippen MR) is 68.0 cm³/mol. The van der Waals surface area contributed by atoms with Gasteiger partial charge < -0.3 is 4.74 Å². The summed E-state index contributed by atoms with van der Waals surface area (Å²) in [6.07, 6.45) is 3.78. The fourth-order valence-electron chi connectivity index (χ4n) is 1.56. The number of hydrogen-bond acceptors (Lipinski definition) is 4. The van der Waals surface area contributed by atoms with Crippen LogP contribution in [-0.2, 0) is 13.0 Å². The molecule has 0 aliphatic heterocycles. The van der Waals surface area contributed by atoms with Crippen molar-refractivity contribution < 1.29 is 4.74 Å². The van der Waals surface area contributed by atoms with Crippen LogP contribution >= 0.6 is 11.6 Å². The molecule has 0 spiro atoms. The van der Waals surface area contributed by atoms with Crippen molar-refractivity contribution in [3.05, 3.63) is 51.9 Å². The second-order valence-corrected chi connectivity index (χ2v) is 4.00. The molecule has 0 N–H and O–H groups in total. The molecule has 2 heterocycles. The first-order valence-electron chi connectivity index (χ1n) is 5.41. The molecule has 2 aromatic rings. The molecule has 0 fully saturated rings. The van der Waals surface area contributed by atoms with Crippen LogP contribution < -0.4 is 10.3 Å². The van der Waals surface area contributed by atoms with Crippen molar-refractivity contribution in [2.75, 3.05) is 7.11 Å². The average Bonchev–Trinajstić information content (AvgIpc) is 2.40. The second kappa shape index (κ2) is 5.64. The number of aromatic nitrogens is 3. The van der Waals surface area contributed by atoms with E-state index in [4.69, 9.17) is 16.3 Å². The van der Waals surface area contributed by atoms with Gasteiger partial charge in [-0.05, 0) is 12.1 Å². The minimum absolute atomic E-state index is 0.0696. The van der Waals surface area contributed by atoms with Crippen molar-refractivity contribution >= 4 is 11.6 Å². The molecule has 2 aromatic heterocycles. The summed E-state index contributed by atoms with van der Waals surface area (Å²) in [6.45, 7) is 0.483. The quantitative estimate of drug-likeness (QED) is 0.787. The lowest BCUT2D eigenvalue weighted by molar-refractivity contribution is 0.399. The summed E-state index contributed by atoms with van der Waals surface area (Å²) in [5.74, 6) is 0.0696. The highest BCUT2D eigenvalue weighted by Crippen LogP contribution is 2.14. The van der Waals surface area contributed by atoms with E-state index in [0.29, 0.717) is 13.0 Å². The third kappa shape index (κ3) is 2.68. The lowest BCUT2D eigenvalue weighted by atomic mass is 10.3. The van der Waals surface area contributed by atoms with Gasteiger partial charge in [0.05, 0.1) is 13.4 Å². The van der Waals surface area contributed by atoms with Gasteiger partial charge in [0.2, 0.25) is 5.75 Å². The summed E-state index contributed by atoms with van der Waals surface area (Å²) in [5, 5.41) is 0.0802. The van der Waals surface area contributed by atoms with Crippen molar-refractivity contribution in [2.45, 2.75) is 13.0 Å². The number of aryl methyl sites for hydroxylation is 2. The fourth-order valence-corrected chi connectivity index (χ4v) is 1.76. The van der Waals surface area contributed by atoms with E-state index in [1.54, 1.807) is 6.20 Å². The molecule has 94 valence electrons. The van der Waals surface area contributed by atoms with Crippen LogP contribution in [0.15, 0.2) is 35.5 Å². The number of halogens is 1. The van der Waals surface area contributed by atoms with E-state index in [2.05, 4.69) is 9.97 Å². The third-order valence-corrected chi connectivity index (χ3v) is 2.76. The smallest absolute Gasteiger partial charge is 0.297 e. The Morgan fingerprint density at radius 3 is 2.89 bits per heavy atom. The SMILES string of the molecule is COc1c(Cl)ncn(CCc2ccccn2)c1=O. The Hall–Kier alpha value is -1.88. The van der Waals surface area contributed by atoms with Crippen molar-refractivity contribution in [3.63, 3.8) is 0 Å². The monoisotopic (exact) mass is 265 g/mol. The highest BCUT2D eigenvalue weighted by molar-refractivity contribution is 6.30. The largest absolute Gasteiger partial charge is 0.489 e. The van der Waals surface area contributed by atoms with Gasteiger partial charge in [0.25, 0.3) is 5.56 Å². The van der Waals surface area contributed by atoms with E-state index in [9.17, 15) is 4.79 Å².